The molecule has 2 aliphatic heterocycles. The maximum Gasteiger partial charge on any atom is 0.321 e. The normalized spacial score (nSPS) is 19.4. The maximum atomic E-state index is 12.7. The molecule has 1 N–H and O–H groups in total. The topological polar surface area (TPSA) is 52.7 Å². The number of benzene rings is 1. The van der Waals surface area contributed by atoms with Crippen molar-refractivity contribution in [3.05, 3.63) is 29.3 Å². The average molecular weight is 364 g/mol. The van der Waals surface area contributed by atoms with E-state index in [1.807, 2.05) is 4.90 Å². The van der Waals surface area contributed by atoms with E-state index in [-0.39, 0.29) is 11.9 Å². The first kappa shape index (κ1) is 18.1. The number of nitrogens with zero attached hydrogens (tertiary/aromatic N) is 2. The van der Waals surface area contributed by atoms with Gasteiger partial charge in [0.25, 0.3) is 0 Å². The predicted octanol–water partition coefficient (Wildman–Crippen LogP) is 3.99. The SMILES string of the molecule is O=C(Nc1ccc(Cl)cc1)N1CCC(C(=O)N2CCCCCC2)CC1. The summed E-state index contributed by atoms with van der Waals surface area (Å²) in [6, 6.07) is 6.97. The molecule has 0 aromatic heterocycles. The molecule has 0 spiro atoms. The lowest BCUT2D eigenvalue weighted by Gasteiger charge is -2.34. The molecule has 2 fully saturated rings. The Balaban J connectivity index is 1.48. The maximum absolute atomic E-state index is 12.7. The summed E-state index contributed by atoms with van der Waals surface area (Å²) in [6.07, 6.45) is 6.20. The minimum absolute atomic E-state index is 0.0673. The molecular weight excluding hydrogens is 338 g/mol. The van der Waals surface area contributed by atoms with Crippen LogP contribution in [-0.2, 0) is 4.79 Å². The smallest absolute Gasteiger partial charge is 0.321 e. The molecule has 2 heterocycles. The van der Waals surface area contributed by atoms with Crippen molar-refractivity contribution in [3.8, 4) is 0 Å². The Morgan fingerprint density at radius 1 is 0.880 bits per heavy atom. The molecule has 136 valence electrons. The number of hydrogen-bond donors (Lipinski definition) is 1. The molecule has 25 heavy (non-hydrogen) atoms. The van der Waals surface area contributed by atoms with Crippen LogP contribution in [-0.4, -0.2) is 47.9 Å². The van der Waals surface area contributed by atoms with E-state index < -0.39 is 0 Å². The monoisotopic (exact) mass is 363 g/mol. The Kier molecular flexibility index (Phi) is 6.19. The second-order valence-corrected chi connectivity index (χ2v) is 7.37. The first-order valence-corrected chi connectivity index (χ1v) is 9.61. The van der Waals surface area contributed by atoms with Gasteiger partial charge in [0.2, 0.25) is 5.91 Å². The standard InChI is InChI=1S/C19H26ClN3O2/c20-16-5-7-17(8-6-16)21-19(25)23-13-9-15(10-14-23)18(24)22-11-3-1-2-4-12-22/h5-8,15H,1-4,9-14H2,(H,21,25). The summed E-state index contributed by atoms with van der Waals surface area (Å²) in [6.45, 7) is 3.06. The average Bonchev–Trinajstić information content (AvgIpc) is 2.92. The summed E-state index contributed by atoms with van der Waals surface area (Å²) < 4.78 is 0. The Bertz CT molecular complexity index is 589. The number of halogens is 1. The molecule has 0 unspecified atom stereocenters. The van der Waals surface area contributed by atoms with Gasteiger partial charge >= 0.3 is 6.03 Å². The van der Waals surface area contributed by atoms with Crippen LogP contribution in [0.25, 0.3) is 0 Å². The van der Waals surface area contributed by atoms with E-state index in [0.29, 0.717) is 24.0 Å². The Morgan fingerprint density at radius 3 is 2.08 bits per heavy atom. The van der Waals surface area contributed by atoms with Gasteiger partial charge in [-0.2, -0.15) is 0 Å². The zero-order chi connectivity index (χ0) is 17.6. The molecule has 0 atom stereocenters. The molecule has 2 saturated heterocycles. The van der Waals surface area contributed by atoms with Crippen molar-refractivity contribution in [2.75, 3.05) is 31.5 Å². The zero-order valence-electron chi connectivity index (χ0n) is 14.5. The molecule has 6 heteroatoms. The largest absolute Gasteiger partial charge is 0.342 e. The van der Waals surface area contributed by atoms with Crippen LogP contribution in [0.2, 0.25) is 5.02 Å². The van der Waals surface area contributed by atoms with Crippen LogP contribution in [0.15, 0.2) is 24.3 Å². The molecule has 3 amide bonds. The lowest BCUT2D eigenvalue weighted by molar-refractivity contribution is -0.136. The molecule has 5 nitrogen and oxygen atoms in total. The van der Waals surface area contributed by atoms with Gasteiger partial charge in [-0.3, -0.25) is 4.79 Å². The van der Waals surface area contributed by atoms with Gasteiger partial charge in [-0.25, -0.2) is 4.79 Å². The number of amides is 3. The summed E-state index contributed by atoms with van der Waals surface area (Å²) in [5.74, 6) is 0.359. The molecule has 0 saturated carbocycles. The summed E-state index contributed by atoms with van der Waals surface area (Å²) in [4.78, 5) is 28.9. The first-order chi connectivity index (χ1) is 12.1. The summed E-state index contributed by atoms with van der Waals surface area (Å²) in [5.41, 5.74) is 0.733. The first-order valence-electron chi connectivity index (χ1n) is 9.24. The van der Waals surface area contributed by atoms with Crippen LogP contribution >= 0.6 is 11.6 Å². The van der Waals surface area contributed by atoms with E-state index in [1.54, 1.807) is 29.2 Å². The fourth-order valence-electron chi connectivity index (χ4n) is 3.61. The molecular formula is C19H26ClN3O2. The number of hydrogen-bond acceptors (Lipinski definition) is 2. The van der Waals surface area contributed by atoms with E-state index in [2.05, 4.69) is 5.32 Å². The van der Waals surface area contributed by atoms with Crippen molar-refractivity contribution in [1.29, 1.82) is 0 Å². The van der Waals surface area contributed by atoms with Crippen LogP contribution in [0.3, 0.4) is 0 Å². The van der Waals surface area contributed by atoms with Crippen molar-refractivity contribution in [2.45, 2.75) is 38.5 Å². The molecule has 2 aliphatic rings. The highest BCUT2D eigenvalue weighted by Gasteiger charge is 2.30. The van der Waals surface area contributed by atoms with Gasteiger partial charge in [0.05, 0.1) is 0 Å². The van der Waals surface area contributed by atoms with Gasteiger partial charge in [0.15, 0.2) is 0 Å². The van der Waals surface area contributed by atoms with E-state index in [4.69, 9.17) is 11.6 Å². The fraction of sp³-hybridized carbons (Fsp3) is 0.579. The molecule has 0 radical (unpaired) electrons. The van der Waals surface area contributed by atoms with Gasteiger partial charge in [0.1, 0.15) is 0 Å². The quantitative estimate of drug-likeness (QED) is 0.863. The van der Waals surface area contributed by atoms with Gasteiger partial charge in [-0.15, -0.1) is 0 Å². The van der Waals surface area contributed by atoms with Crippen molar-refractivity contribution < 1.29 is 9.59 Å². The highest BCUT2D eigenvalue weighted by Crippen LogP contribution is 2.22. The number of piperidine rings is 1. The number of rotatable bonds is 2. The molecule has 3 rings (SSSR count). The van der Waals surface area contributed by atoms with Crippen LogP contribution < -0.4 is 5.32 Å². The third kappa shape index (κ3) is 4.88. The lowest BCUT2D eigenvalue weighted by Crippen LogP contribution is -2.45. The third-order valence-corrected chi connectivity index (χ3v) is 5.40. The lowest BCUT2D eigenvalue weighted by atomic mass is 9.95. The van der Waals surface area contributed by atoms with Gasteiger partial charge < -0.3 is 15.1 Å². The number of anilines is 1. The molecule has 0 bridgehead atoms. The Hall–Kier alpha value is -1.75. The predicted molar refractivity (Wildman–Crippen MR) is 99.8 cm³/mol. The van der Waals surface area contributed by atoms with Crippen molar-refractivity contribution in [3.63, 3.8) is 0 Å². The molecule has 1 aromatic carbocycles. The highest BCUT2D eigenvalue weighted by atomic mass is 35.5. The summed E-state index contributed by atoms with van der Waals surface area (Å²) >= 11 is 5.86. The molecule has 0 aliphatic carbocycles. The van der Waals surface area contributed by atoms with E-state index in [0.717, 1.165) is 44.5 Å². The van der Waals surface area contributed by atoms with E-state index >= 15 is 0 Å². The second-order valence-electron chi connectivity index (χ2n) is 6.94. The second kappa shape index (κ2) is 8.56. The van der Waals surface area contributed by atoms with Crippen molar-refractivity contribution in [2.24, 2.45) is 5.92 Å². The van der Waals surface area contributed by atoms with Crippen LogP contribution in [0, 0.1) is 5.92 Å². The number of urea groups is 1. The fourth-order valence-corrected chi connectivity index (χ4v) is 3.74. The summed E-state index contributed by atoms with van der Waals surface area (Å²) in [7, 11) is 0. The Labute approximate surface area is 154 Å². The van der Waals surface area contributed by atoms with Gasteiger partial charge in [-0.1, -0.05) is 24.4 Å². The van der Waals surface area contributed by atoms with Crippen molar-refractivity contribution >= 4 is 29.2 Å². The van der Waals surface area contributed by atoms with Crippen LogP contribution in [0.5, 0.6) is 0 Å². The third-order valence-electron chi connectivity index (χ3n) is 5.14. The number of nitrogens with one attached hydrogen (secondary N) is 1. The van der Waals surface area contributed by atoms with Crippen LogP contribution in [0.4, 0.5) is 10.5 Å². The van der Waals surface area contributed by atoms with Gasteiger partial charge in [0, 0.05) is 42.8 Å². The Morgan fingerprint density at radius 2 is 1.48 bits per heavy atom. The minimum Gasteiger partial charge on any atom is -0.342 e. The zero-order valence-corrected chi connectivity index (χ0v) is 15.3. The number of likely N-dealkylation sites (tertiary alicyclic amines) is 2. The van der Waals surface area contributed by atoms with E-state index in [9.17, 15) is 9.59 Å². The van der Waals surface area contributed by atoms with Gasteiger partial charge in [-0.05, 0) is 49.9 Å². The number of carbonyl (C=O) groups excluding carboxylic acids is 2. The summed E-state index contributed by atoms with van der Waals surface area (Å²) in [5, 5.41) is 3.53. The van der Waals surface area contributed by atoms with Crippen LogP contribution in [0.1, 0.15) is 38.5 Å². The number of carbonyl (C=O) groups is 2. The van der Waals surface area contributed by atoms with E-state index in [1.165, 1.54) is 12.8 Å². The highest BCUT2D eigenvalue weighted by molar-refractivity contribution is 6.30. The molecule has 1 aromatic rings. The van der Waals surface area contributed by atoms with Crippen molar-refractivity contribution in [1.82, 2.24) is 9.80 Å². The minimum atomic E-state index is -0.108.